The Hall–Kier alpha value is -0.620. The lowest BCUT2D eigenvalue weighted by Crippen LogP contribution is -2.30. The predicted molar refractivity (Wildman–Crippen MR) is 91.5 cm³/mol. The normalized spacial score (nSPS) is 12.1. The van der Waals surface area contributed by atoms with Crippen LogP contribution in [0.5, 0.6) is 0 Å². The Balaban J connectivity index is 3.11. The van der Waals surface area contributed by atoms with Crippen LogP contribution in [0.3, 0.4) is 0 Å². The van der Waals surface area contributed by atoms with Crippen LogP contribution in [0.25, 0.3) is 0 Å². The molecule has 0 aliphatic rings. The zero-order valence-corrected chi connectivity index (χ0v) is 15.2. The Morgan fingerprint density at radius 1 is 1.43 bits per heavy atom. The molecule has 0 aliphatic heterocycles. The molecule has 0 amide bonds. The number of nitrogens with zero attached hydrogens (tertiary/aromatic N) is 2. The van der Waals surface area contributed by atoms with Crippen LogP contribution in [0.1, 0.15) is 52.1 Å². The Kier molecular flexibility index (Phi) is 7.13. The number of hydrogen-bond donors (Lipinski definition) is 1. The molecule has 1 rings (SSSR count). The second-order valence-corrected chi connectivity index (χ2v) is 7.70. The number of carboxylic acids is 1. The van der Waals surface area contributed by atoms with Gasteiger partial charge in [-0.3, -0.25) is 4.79 Å². The number of hydrogen-bond acceptors (Lipinski definition) is 4. The Labute approximate surface area is 136 Å². The Bertz CT molecular complexity index is 460. The van der Waals surface area contributed by atoms with E-state index in [4.69, 9.17) is 5.11 Å². The van der Waals surface area contributed by atoms with Crippen LogP contribution < -0.4 is 0 Å². The standard InChI is InChI=1S/C15H26N2O2S2/c1-6-15(7-2,20-5)10-17-12(11(3)4)8-16-14(17)21-9-13(18)19/h8,11H,6-7,9-10H2,1-5H3,(H,18,19). The fraction of sp³-hybridized carbons (Fsp3) is 0.733. The van der Waals surface area contributed by atoms with Gasteiger partial charge in [0, 0.05) is 23.2 Å². The summed E-state index contributed by atoms with van der Waals surface area (Å²) in [4.78, 5) is 15.3. The highest BCUT2D eigenvalue weighted by Gasteiger charge is 2.28. The van der Waals surface area contributed by atoms with Crippen LogP contribution in [0.2, 0.25) is 0 Å². The summed E-state index contributed by atoms with van der Waals surface area (Å²) in [6.07, 6.45) is 6.22. The first kappa shape index (κ1) is 18.4. The number of rotatable bonds is 9. The molecule has 0 saturated carbocycles. The number of aromatic nitrogens is 2. The minimum Gasteiger partial charge on any atom is -0.481 e. The minimum absolute atomic E-state index is 0.0546. The van der Waals surface area contributed by atoms with Crippen LogP contribution in [-0.4, -0.2) is 37.4 Å². The van der Waals surface area contributed by atoms with Gasteiger partial charge in [-0.05, 0) is 25.0 Å². The van der Waals surface area contributed by atoms with E-state index < -0.39 is 5.97 Å². The van der Waals surface area contributed by atoms with Crippen molar-refractivity contribution >= 4 is 29.5 Å². The molecule has 0 saturated heterocycles. The van der Waals surface area contributed by atoms with E-state index >= 15 is 0 Å². The zero-order chi connectivity index (χ0) is 16.0. The maximum absolute atomic E-state index is 10.8. The van der Waals surface area contributed by atoms with Gasteiger partial charge < -0.3 is 9.67 Å². The van der Waals surface area contributed by atoms with Crippen LogP contribution in [-0.2, 0) is 11.3 Å². The van der Waals surface area contributed by atoms with Crippen molar-refractivity contribution in [3.05, 3.63) is 11.9 Å². The van der Waals surface area contributed by atoms with E-state index in [9.17, 15) is 4.79 Å². The van der Waals surface area contributed by atoms with Gasteiger partial charge in [0.2, 0.25) is 0 Å². The van der Waals surface area contributed by atoms with Crippen molar-refractivity contribution in [2.75, 3.05) is 12.0 Å². The number of thioether (sulfide) groups is 2. The second kappa shape index (κ2) is 8.13. The van der Waals surface area contributed by atoms with Gasteiger partial charge in [0.05, 0.1) is 5.75 Å². The molecule has 120 valence electrons. The lowest BCUT2D eigenvalue weighted by Gasteiger charge is -2.31. The molecular formula is C15H26N2O2S2. The van der Waals surface area contributed by atoms with Gasteiger partial charge in [-0.25, -0.2) is 4.98 Å². The average Bonchev–Trinajstić information content (AvgIpc) is 2.85. The van der Waals surface area contributed by atoms with E-state index in [0.717, 1.165) is 24.5 Å². The van der Waals surface area contributed by atoms with Crippen LogP contribution in [0.4, 0.5) is 0 Å². The third kappa shape index (κ3) is 4.68. The summed E-state index contributed by atoms with van der Waals surface area (Å²) in [5, 5.41) is 9.71. The van der Waals surface area contributed by atoms with Crippen molar-refractivity contribution in [3.8, 4) is 0 Å². The maximum atomic E-state index is 10.8. The molecule has 6 heteroatoms. The van der Waals surface area contributed by atoms with E-state index in [1.807, 2.05) is 18.0 Å². The first-order valence-electron chi connectivity index (χ1n) is 7.34. The lowest BCUT2D eigenvalue weighted by molar-refractivity contribution is -0.133. The minimum atomic E-state index is -0.803. The van der Waals surface area contributed by atoms with Gasteiger partial charge in [-0.15, -0.1) is 0 Å². The first-order chi connectivity index (χ1) is 9.89. The lowest BCUT2D eigenvalue weighted by atomic mass is 10.0. The van der Waals surface area contributed by atoms with E-state index in [-0.39, 0.29) is 10.5 Å². The topological polar surface area (TPSA) is 55.1 Å². The largest absolute Gasteiger partial charge is 0.481 e. The predicted octanol–water partition coefficient (Wildman–Crippen LogP) is 4.11. The van der Waals surface area contributed by atoms with E-state index in [1.54, 1.807) is 0 Å². The third-order valence-corrected chi connectivity index (χ3v) is 6.48. The van der Waals surface area contributed by atoms with Gasteiger partial charge in [0.1, 0.15) is 0 Å². The molecule has 0 unspecified atom stereocenters. The molecule has 0 atom stereocenters. The molecule has 0 bridgehead atoms. The highest BCUT2D eigenvalue weighted by Crippen LogP contribution is 2.35. The smallest absolute Gasteiger partial charge is 0.313 e. The monoisotopic (exact) mass is 330 g/mol. The van der Waals surface area contributed by atoms with Crippen molar-refractivity contribution < 1.29 is 9.90 Å². The number of carboxylic acid groups (broad SMARTS) is 1. The number of aliphatic carboxylic acids is 1. The number of imidazole rings is 1. The molecule has 0 radical (unpaired) electrons. The second-order valence-electron chi connectivity index (χ2n) is 5.48. The highest BCUT2D eigenvalue weighted by atomic mass is 32.2. The molecule has 4 nitrogen and oxygen atoms in total. The molecule has 0 fully saturated rings. The molecule has 21 heavy (non-hydrogen) atoms. The van der Waals surface area contributed by atoms with Crippen LogP contribution in [0.15, 0.2) is 11.4 Å². The summed E-state index contributed by atoms with van der Waals surface area (Å²) >= 11 is 3.20. The summed E-state index contributed by atoms with van der Waals surface area (Å²) < 4.78 is 2.41. The van der Waals surface area contributed by atoms with Crippen LogP contribution in [0, 0.1) is 0 Å². The summed E-state index contributed by atoms with van der Waals surface area (Å²) in [5.74, 6) is -0.369. The van der Waals surface area contributed by atoms with Crippen molar-refractivity contribution in [2.45, 2.75) is 62.9 Å². The quantitative estimate of drug-likeness (QED) is 0.691. The molecule has 1 N–H and O–H groups in total. The van der Waals surface area contributed by atoms with Crippen molar-refractivity contribution in [1.82, 2.24) is 9.55 Å². The first-order valence-corrected chi connectivity index (χ1v) is 9.55. The van der Waals surface area contributed by atoms with Crippen molar-refractivity contribution in [2.24, 2.45) is 0 Å². The SMILES string of the molecule is CCC(CC)(Cn1c(C(C)C)cnc1SCC(=O)O)SC. The third-order valence-electron chi connectivity index (χ3n) is 3.93. The fourth-order valence-corrected chi connectivity index (χ4v) is 3.89. The summed E-state index contributed by atoms with van der Waals surface area (Å²) in [6.45, 7) is 9.62. The van der Waals surface area contributed by atoms with E-state index in [2.05, 4.69) is 43.5 Å². The van der Waals surface area contributed by atoms with Crippen molar-refractivity contribution in [3.63, 3.8) is 0 Å². The summed E-state index contributed by atoms with van der Waals surface area (Å²) in [7, 11) is 0. The van der Waals surface area contributed by atoms with Gasteiger partial charge in [-0.1, -0.05) is 39.5 Å². The van der Waals surface area contributed by atoms with Crippen molar-refractivity contribution in [1.29, 1.82) is 0 Å². The summed E-state index contributed by atoms with van der Waals surface area (Å²) in [6, 6.07) is 0. The molecule has 1 aromatic rings. The van der Waals surface area contributed by atoms with Gasteiger partial charge >= 0.3 is 5.97 Å². The van der Waals surface area contributed by atoms with Gasteiger partial charge in [0.15, 0.2) is 5.16 Å². The molecule has 1 heterocycles. The molecule has 0 spiro atoms. The number of carbonyl (C=O) groups is 1. The van der Waals surface area contributed by atoms with E-state index in [0.29, 0.717) is 5.92 Å². The molecule has 0 aromatic carbocycles. The van der Waals surface area contributed by atoms with Crippen LogP contribution >= 0.6 is 23.5 Å². The maximum Gasteiger partial charge on any atom is 0.313 e. The highest BCUT2D eigenvalue weighted by molar-refractivity contribution is 8.00. The van der Waals surface area contributed by atoms with E-state index in [1.165, 1.54) is 17.5 Å². The Morgan fingerprint density at radius 2 is 2.05 bits per heavy atom. The zero-order valence-electron chi connectivity index (χ0n) is 13.5. The Morgan fingerprint density at radius 3 is 2.48 bits per heavy atom. The summed E-state index contributed by atoms with van der Waals surface area (Å²) in [5.41, 5.74) is 1.18. The molecule has 0 aliphatic carbocycles. The molecular weight excluding hydrogens is 304 g/mol. The average molecular weight is 331 g/mol. The fourth-order valence-electron chi connectivity index (χ4n) is 2.35. The van der Waals surface area contributed by atoms with Gasteiger partial charge in [-0.2, -0.15) is 11.8 Å². The van der Waals surface area contributed by atoms with Gasteiger partial charge in [0.25, 0.3) is 0 Å². The molecule has 1 aromatic heterocycles.